The Labute approximate surface area is 60.4 Å². The molecule has 3 saturated heterocycles. The Morgan fingerprint density at radius 3 is 2.30 bits per heavy atom. The maximum absolute atomic E-state index is 10.3. The first-order valence-corrected chi connectivity index (χ1v) is 3.95. The number of hydrogen-bond acceptors (Lipinski definition) is 3. The SMILES string of the molecule is O=N[C@H]1CN2CCC1CC2. The fourth-order valence-corrected chi connectivity index (χ4v) is 2.05. The van der Waals surface area contributed by atoms with Gasteiger partial charge in [0.1, 0.15) is 6.04 Å². The maximum Gasteiger partial charge on any atom is 0.107 e. The second-order valence-corrected chi connectivity index (χ2v) is 3.31. The van der Waals surface area contributed by atoms with Gasteiger partial charge >= 0.3 is 0 Å². The average molecular weight is 140 g/mol. The minimum absolute atomic E-state index is 0.113. The van der Waals surface area contributed by atoms with Crippen molar-refractivity contribution in [3.63, 3.8) is 0 Å². The predicted octanol–water partition coefficient (Wildman–Crippen LogP) is 0.847. The van der Waals surface area contributed by atoms with Crippen LogP contribution in [0.1, 0.15) is 12.8 Å². The van der Waals surface area contributed by atoms with Crippen molar-refractivity contribution in [2.75, 3.05) is 19.6 Å². The van der Waals surface area contributed by atoms with Crippen LogP contribution in [-0.2, 0) is 0 Å². The van der Waals surface area contributed by atoms with Crippen molar-refractivity contribution in [1.29, 1.82) is 0 Å². The van der Waals surface area contributed by atoms with E-state index in [9.17, 15) is 4.91 Å². The van der Waals surface area contributed by atoms with Crippen molar-refractivity contribution in [3.05, 3.63) is 4.91 Å². The first-order chi connectivity index (χ1) is 4.90. The smallest absolute Gasteiger partial charge is 0.107 e. The molecule has 3 rings (SSSR count). The molecule has 0 aromatic heterocycles. The van der Waals surface area contributed by atoms with Gasteiger partial charge in [-0.1, -0.05) is 5.18 Å². The topological polar surface area (TPSA) is 32.7 Å². The predicted molar refractivity (Wildman–Crippen MR) is 38.7 cm³/mol. The van der Waals surface area contributed by atoms with Gasteiger partial charge in [0.05, 0.1) is 0 Å². The van der Waals surface area contributed by atoms with Crippen LogP contribution in [0.2, 0.25) is 0 Å². The Morgan fingerprint density at radius 1 is 1.30 bits per heavy atom. The van der Waals surface area contributed by atoms with Gasteiger partial charge in [0, 0.05) is 6.54 Å². The summed E-state index contributed by atoms with van der Waals surface area (Å²) in [5, 5.41) is 3.14. The van der Waals surface area contributed by atoms with Gasteiger partial charge in [0.25, 0.3) is 0 Å². The van der Waals surface area contributed by atoms with Crippen molar-refractivity contribution in [3.8, 4) is 0 Å². The summed E-state index contributed by atoms with van der Waals surface area (Å²) in [5.74, 6) is 0.613. The van der Waals surface area contributed by atoms with Gasteiger partial charge in [-0.05, 0) is 31.8 Å². The van der Waals surface area contributed by atoms with E-state index in [-0.39, 0.29) is 6.04 Å². The number of piperidine rings is 3. The van der Waals surface area contributed by atoms with Crippen molar-refractivity contribution >= 4 is 0 Å². The normalized spacial score (nSPS) is 45.4. The number of rotatable bonds is 1. The number of fused-ring (bicyclic) bond motifs is 3. The first-order valence-electron chi connectivity index (χ1n) is 3.95. The van der Waals surface area contributed by atoms with Gasteiger partial charge in [-0.3, -0.25) is 0 Å². The van der Waals surface area contributed by atoms with Crippen LogP contribution in [0.4, 0.5) is 0 Å². The highest BCUT2D eigenvalue weighted by Crippen LogP contribution is 2.28. The average Bonchev–Trinajstić information content (AvgIpc) is 2.06. The molecule has 0 aliphatic carbocycles. The molecule has 2 bridgehead atoms. The highest BCUT2D eigenvalue weighted by molar-refractivity contribution is 4.90. The second-order valence-electron chi connectivity index (χ2n) is 3.31. The van der Waals surface area contributed by atoms with Crippen molar-refractivity contribution < 1.29 is 0 Å². The molecule has 3 fully saturated rings. The molecule has 0 radical (unpaired) electrons. The van der Waals surface area contributed by atoms with Crippen LogP contribution >= 0.6 is 0 Å². The fourth-order valence-electron chi connectivity index (χ4n) is 2.05. The third kappa shape index (κ3) is 0.850. The summed E-state index contributed by atoms with van der Waals surface area (Å²) in [6, 6.07) is 0.113. The zero-order valence-electron chi connectivity index (χ0n) is 5.99. The van der Waals surface area contributed by atoms with Crippen LogP contribution in [0, 0.1) is 10.8 Å². The molecule has 3 nitrogen and oxygen atoms in total. The summed E-state index contributed by atoms with van der Waals surface area (Å²) in [4.78, 5) is 12.6. The van der Waals surface area contributed by atoms with Crippen molar-refractivity contribution in [2.24, 2.45) is 11.1 Å². The van der Waals surface area contributed by atoms with Gasteiger partial charge in [-0.15, -0.1) is 0 Å². The summed E-state index contributed by atoms with van der Waals surface area (Å²) < 4.78 is 0. The highest BCUT2D eigenvalue weighted by atomic mass is 16.3. The van der Waals surface area contributed by atoms with E-state index in [1.54, 1.807) is 0 Å². The molecule has 0 aromatic carbocycles. The lowest BCUT2D eigenvalue weighted by Gasteiger charge is -2.41. The zero-order chi connectivity index (χ0) is 6.97. The molecule has 0 N–H and O–H groups in total. The van der Waals surface area contributed by atoms with Gasteiger partial charge in [0.15, 0.2) is 0 Å². The monoisotopic (exact) mass is 140 g/mol. The van der Waals surface area contributed by atoms with Crippen LogP contribution in [0.15, 0.2) is 5.18 Å². The molecule has 0 spiro atoms. The number of nitroso groups, excluding NO2 is 1. The van der Waals surface area contributed by atoms with Crippen LogP contribution in [0.25, 0.3) is 0 Å². The van der Waals surface area contributed by atoms with Crippen LogP contribution in [-0.4, -0.2) is 30.6 Å². The lowest BCUT2D eigenvalue weighted by molar-refractivity contribution is 0.0899. The number of hydrogen-bond donors (Lipinski definition) is 0. The molecule has 3 heteroatoms. The Balaban J connectivity index is 2.07. The van der Waals surface area contributed by atoms with Gasteiger partial charge in [-0.2, -0.15) is 4.91 Å². The molecule has 0 aromatic rings. The fraction of sp³-hybridized carbons (Fsp3) is 1.00. The molecule has 0 amide bonds. The number of nitrogens with zero attached hydrogens (tertiary/aromatic N) is 2. The molecule has 3 heterocycles. The Hall–Kier alpha value is -0.440. The van der Waals surface area contributed by atoms with E-state index in [1.165, 1.54) is 25.9 Å². The van der Waals surface area contributed by atoms with Gasteiger partial charge < -0.3 is 4.90 Å². The van der Waals surface area contributed by atoms with Crippen LogP contribution < -0.4 is 0 Å². The second kappa shape index (κ2) is 2.31. The maximum atomic E-state index is 10.3. The highest BCUT2D eigenvalue weighted by Gasteiger charge is 2.34. The van der Waals surface area contributed by atoms with Crippen molar-refractivity contribution in [1.82, 2.24) is 4.90 Å². The summed E-state index contributed by atoms with van der Waals surface area (Å²) >= 11 is 0. The lowest BCUT2D eigenvalue weighted by atomic mass is 9.85. The Bertz CT molecular complexity index is 141. The molecule has 10 heavy (non-hydrogen) atoms. The summed E-state index contributed by atoms with van der Waals surface area (Å²) in [7, 11) is 0. The van der Waals surface area contributed by atoms with Gasteiger partial charge in [-0.25, -0.2) is 0 Å². The van der Waals surface area contributed by atoms with E-state index >= 15 is 0 Å². The van der Waals surface area contributed by atoms with E-state index in [0.717, 1.165) is 6.54 Å². The minimum Gasteiger partial charge on any atom is -0.301 e. The minimum atomic E-state index is 0.113. The molecule has 3 aliphatic heterocycles. The molecule has 1 atom stereocenters. The molecule has 0 saturated carbocycles. The van der Waals surface area contributed by atoms with E-state index in [2.05, 4.69) is 10.1 Å². The quantitative estimate of drug-likeness (QED) is 0.506. The summed E-state index contributed by atoms with van der Waals surface area (Å²) in [5.41, 5.74) is 0. The zero-order valence-corrected chi connectivity index (χ0v) is 5.99. The van der Waals surface area contributed by atoms with Crippen LogP contribution in [0.5, 0.6) is 0 Å². The molecule has 3 aliphatic rings. The van der Waals surface area contributed by atoms with Gasteiger partial charge in [0.2, 0.25) is 0 Å². The van der Waals surface area contributed by atoms with Crippen molar-refractivity contribution in [2.45, 2.75) is 18.9 Å². The summed E-state index contributed by atoms with van der Waals surface area (Å²) in [6.07, 6.45) is 2.38. The first kappa shape index (κ1) is 6.28. The summed E-state index contributed by atoms with van der Waals surface area (Å²) in [6.45, 7) is 3.31. The Kier molecular flexibility index (Phi) is 1.45. The largest absolute Gasteiger partial charge is 0.301 e. The molecule has 0 unspecified atom stereocenters. The molecular weight excluding hydrogens is 128 g/mol. The lowest BCUT2D eigenvalue weighted by Crippen LogP contribution is -2.49. The third-order valence-corrected chi connectivity index (χ3v) is 2.76. The standard InChI is InChI=1S/C7H12N2O/c10-8-7-5-9-3-1-6(7)2-4-9/h6-7H,1-5H2/t7-/m0/s1. The van der Waals surface area contributed by atoms with E-state index in [0.29, 0.717) is 5.92 Å². The van der Waals surface area contributed by atoms with E-state index in [4.69, 9.17) is 0 Å². The van der Waals surface area contributed by atoms with E-state index < -0.39 is 0 Å². The van der Waals surface area contributed by atoms with E-state index in [1.807, 2.05) is 0 Å². The van der Waals surface area contributed by atoms with Crippen LogP contribution in [0.3, 0.4) is 0 Å². The molecule has 56 valence electrons. The molecular formula is C7H12N2O. The Morgan fingerprint density at radius 2 is 2.00 bits per heavy atom. The third-order valence-electron chi connectivity index (χ3n) is 2.76.